The Labute approximate surface area is 348 Å². The van der Waals surface area contributed by atoms with Gasteiger partial charge >= 0.3 is 0 Å². The van der Waals surface area contributed by atoms with Crippen LogP contribution in [0, 0.1) is 0 Å². The lowest BCUT2D eigenvalue weighted by Crippen LogP contribution is -1.98. The molecule has 57 heavy (non-hydrogen) atoms. The largest absolute Gasteiger partial charge is 0.494 e. The lowest BCUT2D eigenvalue weighted by Gasteiger charge is -2.10. The fourth-order valence-corrected chi connectivity index (χ4v) is 7.29. The molecule has 0 aliphatic rings. The minimum atomic E-state index is 0.774. The Balaban J connectivity index is 0.956. The van der Waals surface area contributed by atoms with Gasteiger partial charge in [0.25, 0.3) is 0 Å². The van der Waals surface area contributed by atoms with Crippen molar-refractivity contribution in [2.45, 2.75) is 162 Å². The number of ether oxygens (including phenoxy) is 4. The summed E-state index contributed by atoms with van der Waals surface area (Å²) in [5, 5.41) is 0. The summed E-state index contributed by atoms with van der Waals surface area (Å²) in [7, 11) is 0. The van der Waals surface area contributed by atoms with E-state index in [-0.39, 0.29) is 0 Å². The topological polar surface area (TPSA) is 36.9 Å². The number of benzene rings is 4. The highest BCUT2D eigenvalue weighted by molar-refractivity contribution is 5.65. The second-order valence-corrected chi connectivity index (χ2v) is 15.9. The van der Waals surface area contributed by atoms with Crippen molar-refractivity contribution < 1.29 is 18.9 Å². The first kappa shape index (κ1) is 45.8. The lowest BCUT2D eigenvalue weighted by molar-refractivity contribution is 0.299. The molecule has 0 fully saturated rings. The van der Waals surface area contributed by atoms with Crippen LogP contribution in [0.25, 0.3) is 22.3 Å². The maximum Gasteiger partial charge on any atom is 0.119 e. The molecule has 0 aliphatic heterocycles. The molecular formula is C53H76O4. The first-order valence-electron chi connectivity index (χ1n) is 23.2. The molecule has 4 nitrogen and oxygen atoms in total. The van der Waals surface area contributed by atoms with Gasteiger partial charge in [0, 0.05) is 0 Å². The van der Waals surface area contributed by atoms with Crippen molar-refractivity contribution in [1.82, 2.24) is 0 Å². The monoisotopic (exact) mass is 777 g/mol. The van der Waals surface area contributed by atoms with Crippen molar-refractivity contribution in [3.63, 3.8) is 0 Å². The average molecular weight is 777 g/mol. The Morgan fingerprint density at radius 2 is 0.404 bits per heavy atom. The van der Waals surface area contributed by atoms with Crippen LogP contribution in [0.5, 0.6) is 23.0 Å². The SMILES string of the molecule is CCCCCCCCCCOc1ccc(-c2ccc(OCCCCCCCCCOc3ccc(-c4ccc(OCCCCCCCCCC)cc4)cc3)cc2)cc1. The van der Waals surface area contributed by atoms with Crippen LogP contribution in [0.4, 0.5) is 0 Å². The smallest absolute Gasteiger partial charge is 0.119 e. The molecule has 0 saturated heterocycles. The summed E-state index contributed by atoms with van der Waals surface area (Å²) in [4.78, 5) is 0. The van der Waals surface area contributed by atoms with Crippen molar-refractivity contribution in [1.29, 1.82) is 0 Å². The van der Waals surface area contributed by atoms with Gasteiger partial charge in [-0.1, -0.05) is 184 Å². The number of hydrogen-bond donors (Lipinski definition) is 0. The van der Waals surface area contributed by atoms with E-state index in [2.05, 4.69) is 111 Å². The van der Waals surface area contributed by atoms with Crippen molar-refractivity contribution in [3.05, 3.63) is 97.1 Å². The summed E-state index contributed by atoms with van der Waals surface area (Å²) in [5.41, 5.74) is 4.81. The fourth-order valence-electron chi connectivity index (χ4n) is 7.29. The normalized spacial score (nSPS) is 11.1. The Hall–Kier alpha value is -3.92. The van der Waals surface area contributed by atoms with E-state index in [4.69, 9.17) is 18.9 Å². The molecule has 0 N–H and O–H groups in total. The fraction of sp³-hybridized carbons (Fsp3) is 0.547. The first-order chi connectivity index (χ1) is 28.2. The quantitative estimate of drug-likeness (QED) is 0.0443. The van der Waals surface area contributed by atoms with Gasteiger partial charge in [0.2, 0.25) is 0 Å². The zero-order valence-corrected chi connectivity index (χ0v) is 36.0. The van der Waals surface area contributed by atoms with E-state index >= 15 is 0 Å². The summed E-state index contributed by atoms with van der Waals surface area (Å²) >= 11 is 0. The summed E-state index contributed by atoms with van der Waals surface area (Å²) in [6.45, 7) is 7.70. The molecule has 0 aliphatic carbocycles. The van der Waals surface area contributed by atoms with Crippen molar-refractivity contribution >= 4 is 0 Å². The van der Waals surface area contributed by atoms with E-state index in [1.54, 1.807) is 0 Å². The molecule has 0 amide bonds. The van der Waals surface area contributed by atoms with Crippen molar-refractivity contribution in [3.8, 4) is 45.3 Å². The molecule has 0 spiro atoms. The highest BCUT2D eigenvalue weighted by Crippen LogP contribution is 2.27. The van der Waals surface area contributed by atoms with Crippen LogP contribution in [-0.2, 0) is 0 Å². The number of hydrogen-bond acceptors (Lipinski definition) is 4. The highest BCUT2D eigenvalue weighted by atomic mass is 16.5. The maximum absolute atomic E-state index is 6.04. The molecule has 4 heteroatoms. The van der Waals surface area contributed by atoms with Crippen molar-refractivity contribution in [2.24, 2.45) is 0 Å². The van der Waals surface area contributed by atoms with E-state index in [0.29, 0.717) is 0 Å². The molecule has 0 atom stereocenters. The van der Waals surface area contributed by atoms with E-state index in [9.17, 15) is 0 Å². The number of unbranched alkanes of at least 4 members (excludes halogenated alkanes) is 20. The summed E-state index contributed by atoms with van der Waals surface area (Å²) in [5.74, 6) is 3.81. The first-order valence-corrected chi connectivity index (χ1v) is 23.2. The van der Waals surface area contributed by atoms with Crippen LogP contribution in [0.3, 0.4) is 0 Å². The number of rotatable bonds is 34. The third-order valence-electron chi connectivity index (χ3n) is 10.9. The van der Waals surface area contributed by atoms with Crippen LogP contribution < -0.4 is 18.9 Å². The standard InChI is InChI=1S/C53H76O4/c1-3-5-7-9-11-14-18-22-42-54-50-34-26-46(27-35-50)48-30-38-52(39-31-48)56-44-24-20-16-13-17-21-25-45-57-53-40-32-49(33-41-53)47-28-36-51(37-29-47)55-43-23-19-15-12-10-8-6-4-2/h26-41H,3-25,42-45H2,1-2H3. The maximum atomic E-state index is 6.04. The minimum absolute atomic E-state index is 0.774. The zero-order chi connectivity index (χ0) is 39.9. The molecule has 4 aromatic carbocycles. The lowest BCUT2D eigenvalue weighted by atomic mass is 10.1. The van der Waals surface area contributed by atoms with Gasteiger partial charge in [-0.25, -0.2) is 0 Å². The van der Waals surface area contributed by atoms with E-state index in [0.717, 1.165) is 75.1 Å². The van der Waals surface area contributed by atoms with E-state index in [1.165, 1.54) is 144 Å². The average Bonchev–Trinajstić information content (AvgIpc) is 3.25. The summed E-state index contributed by atoms with van der Waals surface area (Å²) in [6, 6.07) is 33.9. The van der Waals surface area contributed by atoms with Crippen LogP contribution >= 0.6 is 0 Å². The van der Waals surface area contributed by atoms with Crippen LogP contribution in [0.1, 0.15) is 162 Å². The van der Waals surface area contributed by atoms with Gasteiger partial charge < -0.3 is 18.9 Å². The predicted molar refractivity (Wildman–Crippen MR) is 243 cm³/mol. The Morgan fingerprint density at radius 1 is 0.228 bits per heavy atom. The molecule has 0 radical (unpaired) electrons. The van der Waals surface area contributed by atoms with Gasteiger partial charge in [-0.15, -0.1) is 0 Å². The van der Waals surface area contributed by atoms with E-state index < -0.39 is 0 Å². The van der Waals surface area contributed by atoms with Gasteiger partial charge in [0.15, 0.2) is 0 Å². The van der Waals surface area contributed by atoms with Gasteiger partial charge in [0.1, 0.15) is 23.0 Å². The molecular weight excluding hydrogens is 701 g/mol. The van der Waals surface area contributed by atoms with Crippen molar-refractivity contribution in [2.75, 3.05) is 26.4 Å². The third-order valence-corrected chi connectivity index (χ3v) is 10.9. The van der Waals surface area contributed by atoms with Gasteiger partial charge in [-0.05, 0) is 96.5 Å². The molecule has 312 valence electrons. The molecule has 4 rings (SSSR count). The van der Waals surface area contributed by atoms with Crippen LogP contribution in [-0.4, -0.2) is 26.4 Å². The molecule has 0 unspecified atom stereocenters. The zero-order valence-electron chi connectivity index (χ0n) is 36.0. The van der Waals surface area contributed by atoms with Crippen LogP contribution in [0.15, 0.2) is 97.1 Å². The molecule has 0 bridgehead atoms. The van der Waals surface area contributed by atoms with Gasteiger partial charge in [0.05, 0.1) is 26.4 Å². The van der Waals surface area contributed by atoms with Gasteiger partial charge in [-0.2, -0.15) is 0 Å². The summed E-state index contributed by atoms with van der Waals surface area (Å²) in [6.07, 6.45) is 29.5. The summed E-state index contributed by atoms with van der Waals surface area (Å²) < 4.78 is 24.1. The second-order valence-electron chi connectivity index (χ2n) is 15.9. The van der Waals surface area contributed by atoms with E-state index in [1.807, 2.05) is 0 Å². The Morgan fingerprint density at radius 3 is 0.596 bits per heavy atom. The Bertz CT molecular complexity index is 1390. The molecule has 0 saturated carbocycles. The predicted octanol–water partition coefficient (Wildman–Crippen LogP) is 16.2. The molecule has 0 aromatic heterocycles. The Kier molecular flexibility index (Phi) is 24.3. The third kappa shape index (κ3) is 20.4. The molecule has 0 heterocycles. The molecule has 4 aromatic rings. The minimum Gasteiger partial charge on any atom is -0.494 e. The highest BCUT2D eigenvalue weighted by Gasteiger charge is 2.04. The second kappa shape index (κ2) is 30.2. The van der Waals surface area contributed by atoms with Gasteiger partial charge in [-0.3, -0.25) is 0 Å². The van der Waals surface area contributed by atoms with Crippen LogP contribution in [0.2, 0.25) is 0 Å².